The molecule has 0 spiro atoms. The second-order valence-electron chi connectivity index (χ2n) is 29.9. The Kier molecular flexibility index (Phi) is 71.2. The minimum Gasteiger partial charge on any atom is -0.462 e. The van der Waals surface area contributed by atoms with Crippen LogP contribution in [0.4, 0.5) is 0 Å². The number of esters is 4. The third-order valence-corrected chi connectivity index (χ3v) is 21.2. The zero-order valence-electron chi connectivity index (χ0n) is 65.5. The van der Waals surface area contributed by atoms with Crippen LogP contribution in [0, 0.1) is 11.8 Å². The van der Waals surface area contributed by atoms with E-state index in [1.54, 1.807) is 0 Å². The molecule has 0 saturated heterocycles. The minimum absolute atomic E-state index is 0.107. The smallest absolute Gasteiger partial charge is 0.462 e. The lowest BCUT2D eigenvalue weighted by molar-refractivity contribution is -0.161. The van der Waals surface area contributed by atoms with Gasteiger partial charge in [-0.15, -0.1) is 0 Å². The van der Waals surface area contributed by atoms with Crippen molar-refractivity contribution in [3.63, 3.8) is 0 Å². The molecule has 0 bridgehead atoms. The first-order valence-electron chi connectivity index (χ1n) is 42.0. The van der Waals surface area contributed by atoms with Crippen molar-refractivity contribution in [1.82, 2.24) is 0 Å². The highest BCUT2D eigenvalue weighted by molar-refractivity contribution is 7.47. The van der Waals surface area contributed by atoms with Crippen LogP contribution in [-0.2, 0) is 65.4 Å². The number of carbonyl (C=O) groups is 4. The molecule has 0 rings (SSSR count). The summed E-state index contributed by atoms with van der Waals surface area (Å²) in [4.78, 5) is 73.0. The zero-order valence-corrected chi connectivity index (χ0v) is 67.3. The van der Waals surface area contributed by atoms with Crippen molar-refractivity contribution < 1.29 is 80.2 Å². The molecule has 0 aromatic rings. The van der Waals surface area contributed by atoms with Crippen LogP contribution in [0.5, 0.6) is 0 Å². The SMILES string of the molecule is CCCCCCCCCCCCCCCCCCCCC(=O)OC[C@H](COP(=O)(O)OC[C@@H](O)COP(=O)(O)OC[C@@H](COC(=O)CCCCCCCCC(C)CC)OC(=O)CCCCCCCCCCCCCCC)OC(=O)CCCCCCCCCCCCCCCCCCC(C)C. The molecule has 0 heterocycles. The summed E-state index contributed by atoms with van der Waals surface area (Å²) in [6, 6.07) is 0. The molecule has 19 heteroatoms. The highest BCUT2D eigenvalue weighted by Gasteiger charge is 2.30. The quantitative estimate of drug-likeness (QED) is 0.0222. The van der Waals surface area contributed by atoms with Crippen molar-refractivity contribution in [2.75, 3.05) is 39.6 Å². The van der Waals surface area contributed by atoms with Crippen molar-refractivity contribution in [2.24, 2.45) is 11.8 Å². The molecule has 0 aromatic heterocycles. The lowest BCUT2D eigenvalue weighted by Gasteiger charge is -2.21. The average Bonchev–Trinajstić information content (AvgIpc) is 1.03. The zero-order chi connectivity index (χ0) is 73.5. The van der Waals surface area contributed by atoms with Gasteiger partial charge in [-0.2, -0.15) is 0 Å². The van der Waals surface area contributed by atoms with Crippen LogP contribution < -0.4 is 0 Å². The Morgan fingerprint density at radius 3 is 0.760 bits per heavy atom. The van der Waals surface area contributed by atoms with Gasteiger partial charge in [0.05, 0.1) is 26.4 Å². The number of phosphoric ester groups is 2. The standard InChI is InChI=1S/C81H158O17P2/c1-7-10-12-14-16-18-20-22-23-24-25-29-33-36-40-44-51-57-63-78(83)91-69-76(97-80(85)66-60-54-46-42-38-34-30-27-26-28-32-35-39-43-49-55-61-73(4)5)71-95-99(87,88)93-67-75(82)68-94-100(89,90)96-72-77(70-92-79(84)64-58-52-48-47-50-56-62-74(6)9-3)98-81(86)65-59-53-45-41-37-31-21-19-17-15-13-11-8-2/h73-77,82H,7-72H2,1-6H3,(H,87,88)(H,89,90)/t74?,75-,76-,77-/m1/s1. The number of carbonyl (C=O) groups excluding carboxylic acids is 4. The fourth-order valence-electron chi connectivity index (χ4n) is 12.5. The van der Waals surface area contributed by atoms with Crippen LogP contribution in [0.1, 0.15) is 427 Å². The maximum Gasteiger partial charge on any atom is 0.472 e. The minimum atomic E-state index is -4.96. The van der Waals surface area contributed by atoms with Gasteiger partial charge in [-0.05, 0) is 37.5 Å². The van der Waals surface area contributed by atoms with E-state index in [9.17, 15) is 43.2 Å². The molecule has 0 aliphatic heterocycles. The molecule has 0 saturated carbocycles. The fraction of sp³-hybridized carbons (Fsp3) is 0.951. The molecular weight excluding hydrogens is 1310 g/mol. The van der Waals surface area contributed by atoms with Crippen LogP contribution in [0.2, 0.25) is 0 Å². The molecule has 0 aliphatic carbocycles. The fourth-order valence-corrected chi connectivity index (χ4v) is 14.1. The number of ether oxygens (including phenoxy) is 4. The van der Waals surface area contributed by atoms with Gasteiger partial charge in [-0.3, -0.25) is 37.3 Å². The van der Waals surface area contributed by atoms with Gasteiger partial charge in [-0.25, -0.2) is 9.13 Å². The van der Waals surface area contributed by atoms with Crippen molar-refractivity contribution in [3.8, 4) is 0 Å². The largest absolute Gasteiger partial charge is 0.472 e. The molecule has 17 nitrogen and oxygen atoms in total. The predicted octanol–water partition coefficient (Wildman–Crippen LogP) is 24.3. The van der Waals surface area contributed by atoms with E-state index >= 15 is 0 Å². The van der Waals surface area contributed by atoms with Gasteiger partial charge >= 0.3 is 39.5 Å². The highest BCUT2D eigenvalue weighted by Crippen LogP contribution is 2.45. The molecule has 0 amide bonds. The molecule has 0 fully saturated rings. The van der Waals surface area contributed by atoms with Crippen LogP contribution in [0.3, 0.4) is 0 Å². The number of rotatable bonds is 80. The van der Waals surface area contributed by atoms with E-state index in [1.165, 1.54) is 238 Å². The van der Waals surface area contributed by atoms with Crippen molar-refractivity contribution in [3.05, 3.63) is 0 Å². The maximum absolute atomic E-state index is 13.1. The van der Waals surface area contributed by atoms with Crippen molar-refractivity contribution in [2.45, 2.75) is 445 Å². The maximum atomic E-state index is 13.1. The highest BCUT2D eigenvalue weighted by atomic mass is 31.2. The van der Waals surface area contributed by atoms with E-state index in [4.69, 9.17) is 37.0 Å². The molecule has 0 aromatic carbocycles. The molecule has 0 radical (unpaired) electrons. The lowest BCUT2D eigenvalue weighted by Crippen LogP contribution is -2.30. The van der Waals surface area contributed by atoms with Gasteiger partial charge in [0, 0.05) is 25.7 Å². The summed E-state index contributed by atoms with van der Waals surface area (Å²) < 4.78 is 68.7. The second kappa shape index (κ2) is 72.6. The van der Waals surface area contributed by atoms with E-state index in [-0.39, 0.29) is 25.7 Å². The Morgan fingerprint density at radius 1 is 0.290 bits per heavy atom. The number of unbranched alkanes of at least 4 members (excludes halogenated alkanes) is 49. The normalized spacial score (nSPS) is 14.2. The van der Waals surface area contributed by atoms with Crippen LogP contribution >= 0.6 is 15.6 Å². The topological polar surface area (TPSA) is 237 Å². The number of phosphoric acid groups is 2. The van der Waals surface area contributed by atoms with E-state index in [2.05, 4.69) is 41.5 Å². The van der Waals surface area contributed by atoms with Crippen molar-refractivity contribution in [1.29, 1.82) is 0 Å². The molecule has 6 atom stereocenters. The second-order valence-corrected chi connectivity index (χ2v) is 32.8. The number of hydrogen-bond donors (Lipinski definition) is 3. The van der Waals surface area contributed by atoms with Gasteiger partial charge < -0.3 is 33.8 Å². The number of aliphatic hydroxyl groups excluding tert-OH is 1. The van der Waals surface area contributed by atoms with E-state index in [1.807, 2.05) is 0 Å². The number of aliphatic hydroxyl groups is 1. The van der Waals surface area contributed by atoms with Crippen molar-refractivity contribution >= 4 is 39.5 Å². The molecule has 100 heavy (non-hydrogen) atoms. The first-order chi connectivity index (χ1) is 48.4. The van der Waals surface area contributed by atoms with Gasteiger partial charge in [-0.1, -0.05) is 375 Å². The average molecular weight is 1470 g/mol. The lowest BCUT2D eigenvalue weighted by atomic mass is 10.00. The molecule has 3 N–H and O–H groups in total. The Labute approximate surface area is 613 Å². The van der Waals surface area contributed by atoms with Crippen LogP contribution in [-0.4, -0.2) is 96.7 Å². The summed E-state index contributed by atoms with van der Waals surface area (Å²) in [5, 5.41) is 10.6. The summed E-state index contributed by atoms with van der Waals surface area (Å²) in [5.41, 5.74) is 0. The monoisotopic (exact) mass is 1470 g/mol. The summed E-state index contributed by atoms with van der Waals surface area (Å²) in [6.45, 7) is 9.63. The summed E-state index contributed by atoms with van der Waals surface area (Å²) >= 11 is 0. The van der Waals surface area contributed by atoms with Gasteiger partial charge in [0.25, 0.3) is 0 Å². The predicted molar refractivity (Wildman–Crippen MR) is 409 cm³/mol. The Hall–Kier alpha value is -1.94. The molecule has 0 aliphatic rings. The van der Waals surface area contributed by atoms with E-state index in [0.29, 0.717) is 25.7 Å². The molecule has 594 valence electrons. The summed E-state index contributed by atoms with van der Waals surface area (Å²) in [7, 11) is -9.92. The first-order valence-corrected chi connectivity index (χ1v) is 45.0. The Morgan fingerprint density at radius 2 is 0.510 bits per heavy atom. The molecule has 3 unspecified atom stereocenters. The first kappa shape index (κ1) is 98.1. The summed E-state index contributed by atoms with van der Waals surface area (Å²) in [5.74, 6) is -0.568. The Bertz CT molecular complexity index is 1930. The van der Waals surface area contributed by atoms with Gasteiger partial charge in [0.2, 0.25) is 0 Å². The Balaban J connectivity index is 5.23. The van der Waals surface area contributed by atoms with E-state index in [0.717, 1.165) is 108 Å². The van der Waals surface area contributed by atoms with Gasteiger partial charge in [0.15, 0.2) is 12.2 Å². The summed E-state index contributed by atoms with van der Waals surface area (Å²) in [6.07, 6.45) is 62.5. The third kappa shape index (κ3) is 73.0. The van der Waals surface area contributed by atoms with Gasteiger partial charge in [0.1, 0.15) is 19.3 Å². The number of hydrogen-bond acceptors (Lipinski definition) is 15. The van der Waals surface area contributed by atoms with Crippen LogP contribution in [0.25, 0.3) is 0 Å². The molecular formula is C81H158O17P2. The third-order valence-electron chi connectivity index (χ3n) is 19.3. The van der Waals surface area contributed by atoms with E-state index < -0.39 is 97.5 Å². The van der Waals surface area contributed by atoms with Crippen LogP contribution in [0.15, 0.2) is 0 Å².